The Hall–Kier alpha value is -3.21. The molecule has 0 spiro atoms. The number of rotatable bonds is 7. The first kappa shape index (κ1) is 27.0. The van der Waals surface area contributed by atoms with Crippen LogP contribution in [0.25, 0.3) is 11.1 Å². The summed E-state index contributed by atoms with van der Waals surface area (Å²) in [7, 11) is 2.91. The topological polar surface area (TPSA) is 125 Å². The van der Waals surface area contributed by atoms with Gasteiger partial charge in [-0.3, -0.25) is 14.4 Å². The minimum atomic E-state index is -1.42. The number of carboxylic acid groups (broad SMARTS) is 1. The first-order valence-corrected chi connectivity index (χ1v) is 9.91. The van der Waals surface area contributed by atoms with Crippen molar-refractivity contribution in [2.75, 3.05) is 14.2 Å². The van der Waals surface area contributed by atoms with Crippen molar-refractivity contribution in [3.8, 4) is 16.9 Å². The molecular formula is C23H23FN3NaO6. The molecule has 0 saturated heterocycles. The van der Waals surface area contributed by atoms with E-state index in [1.807, 2.05) is 0 Å². The van der Waals surface area contributed by atoms with Crippen LogP contribution in [0.3, 0.4) is 0 Å². The van der Waals surface area contributed by atoms with Crippen molar-refractivity contribution < 1.29 is 64.4 Å². The SMILES string of the molecule is COc1cccc(-c2cc([C@H](CC(=O)O)NC(=O)NC3C(=O)C=CN(C)C3=O)ccc2F)c1.[H-].[Na+]. The van der Waals surface area contributed by atoms with Crippen molar-refractivity contribution in [3.05, 3.63) is 66.1 Å². The Bertz CT molecular complexity index is 1150. The second kappa shape index (κ2) is 11.8. The molecule has 3 amide bonds. The second-order valence-corrected chi connectivity index (χ2v) is 7.34. The van der Waals surface area contributed by atoms with Gasteiger partial charge in [0.05, 0.1) is 19.6 Å². The summed E-state index contributed by atoms with van der Waals surface area (Å²) in [4.78, 5) is 49.3. The van der Waals surface area contributed by atoms with Gasteiger partial charge in [-0.25, -0.2) is 9.18 Å². The van der Waals surface area contributed by atoms with Gasteiger partial charge in [-0.15, -0.1) is 0 Å². The van der Waals surface area contributed by atoms with Crippen molar-refractivity contribution in [1.82, 2.24) is 15.5 Å². The van der Waals surface area contributed by atoms with E-state index < -0.39 is 48.0 Å². The molecule has 0 bridgehead atoms. The van der Waals surface area contributed by atoms with E-state index >= 15 is 0 Å². The largest absolute Gasteiger partial charge is 1.00 e. The summed E-state index contributed by atoms with van der Waals surface area (Å²) in [6.45, 7) is 0. The summed E-state index contributed by atoms with van der Waals surface area (Å²) in [5, 5.41) is 14.1. The van der Waals surface area contributed by atoms with Crippen LogP contribution in [0.1, 0.15) is 19.5 Å². The number of nitrogens with zero attached hydrogens (tertiary/aromatic N) is 1. The second-order valence-electron chi connectivity index (χ2n) is 7.34. The zero-order valence-electron chi connectivity index (χ0n) is 19.9. The van der Waals surface area contributed by atoms with E-state index in [9.17, 15) is 28.7 Å². The van der Waals surface area contributed by atoms with Crippen LogP contribution in [0.2, 0.25) is 0 Å². The predicted molar refractivity (Wildman–Crippen MR) is 117 cm³/mol. The number of hydrogen-bond donors (Lipinski definition) is 3. The number of carbonyl (C=O) groups excluding carboxylic acids is 3. The number of urea groups is 1. The number of methoxy groups -OCH3 is 1. The number of aliphatic carboxylic acids is 1. The van der Waals surface area contributed by atoms with Gasteiger partial charge >= 0.3 is 41.6 Å². The molecule has 2 aromatic carbocycles. The third-order valence-corrected chi connectivity index (χ3v) is 5.07. The number of amides is 3. The van der Waals surface area contributed by atoms with Gasteiger partial charge in [0.25, 0.3) is 5.91 Å². The molecule has 2 atom stereocenters. The number of benzene rings is 2. The van der Waals surface area contributed by atoms with Gasteiger partial charge in [-0.05, 0) is 35.4 Å². The van der Waals surface area contributed by atoms with Crippen LogP contribution in [0.5, 0.6) is 5.75 Å². The van der Waals surface area contributed by atoms with Gasteiger partial charge in [-0.2, -0.15) is 0 Å². The summed E-state index contributed by atoms with van der Waals surface area (Å²) >= 11 is 0. The van der Waals surface area contributed by atoms with Crippen molar-refractivity contribution in [3.63, 3.8) is 0 Å². The van der Waals surface area contributed by atoms with Crippen molar-refractivity contribution >= 4 is 23.7 Å². The van der Waals surface area contributed by atoms with Gasteiger partial charge in [0, 0.05) is 24.9 Å². The normalized spacial score (nSPS) is 15.9. The Balaban J connectivity index is 0.00000306. The molecule has 0 aliphatic carbocycles. The van der Waals surface area contributed by atoms with Crippen LogP contribution >= 0.6 is 0 Å². The number of hydrogen-bond acceptors (Lipinski definition) is 5. The zero-order chi connectivity index (χ0) is 24.1. The Morgan fingerprint density at radius 1 is 1.24 bits per heavy atom. The maximum atomic E-state index is 14.6. The molecule has 34 heavy (non-hydrogen) atoms. The first-order chi connectivity index (χ1) is 15.7. The molecule has 1 aliphatic rings. The Morgan fingerprint density at radius 3 is 2.65 bits per heavy atom. The van der Waals surface area contributed by atoms with E-state index in [2.05, 4.69) is 10.6 Å². The van der Waals surface area contributed by atoms with E-state index in [-0.39, 0.29) is 36.5 Å². The number of carbonyl (C=O) groups is 4. The molecule has 0 saturated carbocycles. The fourth-order valence-electron chi connectivity index (χ4n) is 3.34. The van der Waals surface area contributed by atoms with Crippen molar-refractivity contribution in [1.29, 1.82) is 0 Å². The quantitative estimate of drug-likeness (QED) is 0.358. The number of halogens is 1. The van der Waals surface area contributed by atoms with Gasteiger partial charge < -0.3 is 26.8 Å². The van der Waals surface area contributed by atoms with E-state index in [4.69, 9.17) is 4.74 Å². The smallest absolute Gasteiger partial charge is 1.00 e. The number of nitrogens with one attached hydrogen (secondary N) is 2. The van der Waals surface area contributed by atoms with Gasteiger partial charge in [0.1, 0.15) is 11.6 Å². The third kappa shape index (κ3) is 6.43. The number of ether oxygens (including phenoxy) is 1. The summed E-state index contributed by atoms with van der Waals surface area (Å²) in [5.41, 5.74) is 1.01. The molecule has 0 radical (unpaired) electrons. The monoisotopic (exact) mass is 479 g/mol. The van der Waals surface area contributed by atoms with E-state index in [1.54, 1.807) is 24.3 Å². The van der Waals surface area contributed by atoms with Crippen LogP contribution in [-0.2, 0) is 14.4 Å². The molecule has 9 nitrogen and oxygen atoms in total. The summed E-state index contributed by atoms with van der Waals surface area (Å²) in [5.74, 6) is -2.48. The van der Waals surface area contributed by atoms with Gasteiger partial charge in [0.15, 0.2) is 11.8 Å². The van der Waals surface area contributed by atoms with Crippen LogP contribution < -0.4 is 44.9 Å². The molecule has 3 N–H and O–H groups in total. The number of ketones is 1. The molecule has 174 valence electrons. The van der Waals surface area contributed by atoms with Crippen molar-refractivity contribution in [2.45, 2.75) is 18.5 Å². The average Bonchev–Trinajstić information content (AvgIpc) is 2.79. The summed E-state index contributed by atoms with van der Waals surface area (Å²) in [6.07, 6.45) is 1.93. The predicted octanol–water partition coefficient (Wildman–Crippen LogP) is -0.644. The zero-order valence-corrected chi connectivity index (χ0v) is 20.9. The molecular weight excluding hydrogens is 456 g/mol. The maximum absolute atomic E-state index is 14.6. The van der Waals surface area contributed by atoms with E-state index in [0.29, 0.717) is 16.9 Å². The van der Waals surface area contributed by atoms with Crippen LogP contribution in [-0.4, -0.2) is 53.9 Å². The maximum Gasteiger partial charge on any atom is 1.00 e. The number of likely N-dealkylation sites (N-methyl/N-ethyl adjacent to an activating group) is 1. The van der Waals surface area contributed by atoms with Crippen LogP contribution in [0.15, 0.2) is 54.7 Å². The molecule has 2 aromatic rings. The average molecular weight is 479 g/mol. The number of carboxylic acids is 1. The standard InChI is InChI=1S/C23H22FN3O6.Na.H/c1-27-9-8-19(28)21(22(27)31)26-23(32)25-18(12-20(29)30)14-6-7-17(24)16(11-14)13-4-3-5-15(10-13)33-2;;/h3-11,18,21H,12H2,1-2H3,(H,29,30)(H2,25,26,32);;/q;+1;-1/t18-,21?;;/m0../s1. The summed E-state index contributed by atoms with van der Waals surface area (Å²) < 4.78 is 19.7. The van der Waals surface area contributed by atoms with Crippen molar-refractivity contribution in [2.24, 2.45) is 0 Å². The molecule has 1 unspecified atom stereocenters. The molecule has 0 aromatic heterocycles. The van der Waals surface area contributed by atoms with E-state index in [1.165, 1.54) is 38.6 Å². The fourth-order valence-corrected chi connectivity index (χ4v) is 3.34. The molecule has 1 heterocycles. The Labute approximate surface area is 218 Å². The minimum Gasteiger partial charge on any atom is -1.00 e. The molecule has 0 fully saturated rings. The van der Waals surface area contributed by atoms with Gasteiger partial charge in [-0.1, -0.05) is 18.2 Å². The van der Waals surface area contributed by atoms with Crippen LogP contribution in [0, 0.1) is 5.82 Å². The fraction of sp³-hybridized carbons (Fsp3) is 0.217. The Morgan fingerprint density at radius 2 is 1.97 bits per heavy atom. The Kier molecular flexibility index (Phi) is 9.36. The van der Waals surface area contributed by atoms with Crippen LogP contribution in [0.4, 0.5) is 9.18 Å². The van der Waals surface area contributed by atoms with E-state index in [0.717, 1.165) is 11.0 Å². The first-order valence-electron chi connectivity index (χ1n) is 9.91. The minimum absolute atomic E-state index is 0. The third-order valence-electron chi connectivity index (χ3n) is 5.07. The summed E-state index contributed by atoms with van der Waals surface area (Å²) in [6, 6.07) is 7.25. The molecule has 1 aliphatic heterocycles. The molecule has 11 heteroatoms. The van der Waals surface area contributed by atoms with Gasteiger partial charge in [0.2, 0.25) is 0 Å². The molecule has 3 rings (SSSR count).